The van der Waals surface area contributed by atoms with Crippen LogP contribution in [0, 0.1) is 0 Å². The Bertz CT molecular complexity index is 787. The molecule has 2 aromatic rings. The van der Waals surface area contributed by atoms with E-state index in [1.807, 2.05) is 6.07 Å². The molecule has 1 aromatic heterocycles. The van der Waals surface area contributed by atoms with Crippen LogP contribution in [0.15, 0.2) is 41.1 Å². The molecule has 0 saturated heterocycles. The molecule has 8 heteroatoms. The van der Waals surface area contributed by atoms with Crippen LogP contribution in [0.4, 0.5) is 0 Å². The second-order valence-corrected chi connectivity index (χ2v) is 5.59. The van der Waals surface area contributed by atoms with Gasteiger partial charge in [-0.3, -0.25) is 14.4 Å². The second kappa shape index (κ2) is 7.16. The van der Waals surface area contributed by atoms with Crippen molar-refractivity contribution >= 4 is 17.8 Å². The highest BCUT2D eigenvalue weighted by atomic mass is 16.5. The molecule has 1 atom stereocenters. The number of carbonyl (C=O) groups excluding carboxylic acids is 3. The van der Waals surface area contributed by atoms with E-state index >= 15 is 0 Å². The maximum absolute atomic E-state index is 12.7. The molecule has 1 aromatic carbocycles. The number of ether oxygens (including phenoxy) is 1. The lowest BCUT2D eigenvalue weighted by atomic mass is 9.99. The lowest BCUT2D eigenvalue weighted by Gasteiger charge is -2.33. The van der Waals surface area contributed by atoms with Gasteiger partial charge in [-0.15, -0.1) is 0 Å². The molecule has 0 fully saturated rings. The fourth-order valence-corrected chi connectivity index (χ4v) is 2.74. The third-order valence-corrected chi connectivity index (χ3v) is 4.02. The number of amides is 2. The summed E-state index contributed by atoms with van der Waals surface area (Å²) in [6.45, 7) is -0.0535. The fourth-order valence-electron chi connectivity index (χ4n) is 2.74. The highest BCUT2D eigenvalue weighted by molar-refractivity contribution is 5.91. The van der Waals surface area contributed by atoms with Crippen molar-refractivity contribution in [2.45, 2.75) is 19.0 Å². The zero-order chi connectivity index (χ0) is 17.8. The third-order valence-electron chi connectivity index (χ3n) is 4.02. The van der Waals surface area contributed by atoms with Crippen LogP contribution in [0.25, 0.3) is 0 Å². The highest BCUT2D eigenvalue weighted by Gasteiger charge is 2.36. The average molecular weight is 343 g/mol. The molecule has 2 amide bonds. The molecular formula is C17H17N3O5. The zero-order valence-electron chi connectivity index (χ0n) is 13.6. The highest BCUT2D eigenvalue weighted by Crippen LogP contribution is 2.28. The van der Waals surface area contributed by atoms with Gasteiger partial charge in [-0.1, -0.05) is 35.5 Å². The summed E-state index contributed by atoms with van der Waals surface area (Å²) in [5.74, 6) is -1.25. The number of benzene rings is 1. The van der Waals surface area contributed by atoms with E-state index in [9.17, 15) is 14.4 Å². The minimum atomic E-state index is -0.860. The predicted molar refractivity (Wildman–Crippen MR) is 85.0 cm³/mol. The number of nitrogens with one attached hydrogen (secondary N) is 1. The Morgan fingerprint density at radius 3 is 2.84 bits per heavy atom. The standard InChI is InChI=1S/C17H17N3O5/c1-24-15(22)8-18-17(23)16(11-5-3-2-4-6-11)20-9-12-10-25-19-13(12)7-14(20)21/h2-6,10,16H,7-9H2,1H3,(H,18,23). The Labute approximate surface area is 143 Å². The molecule has 1 N–H and O–H groups in total. The molecule has 1 aliphatic rings. The average Bonchev–Trinajstić information content (AvgIpc) is 3.08. The second-order valence-electron chi connectivity index (χ2n) is 5.59. The van der Waals surface area contributed by atoms with Crippen LogP contribution in [0.3, 0.4) is 0 Å². The van der Waals surface area contributed by atoms with Crippen molar-refractivity contribution in [1.29, 1.82) is 0 Å². The van der Waals surface area contributed by atoms with Crippen molar-refractivity contribution in [2.75, 3.05) is 13.7 Å². The summed E-state index contributed by atoms with van der Waals surface area (Å²) in [4.78, 5) is 38.0. The number of fused-ring (bicyclic) bond motifs is 1. The lowest BCUT2D eigenvalue weighted by molar-refractivity contribution is -0.144. The number of hydrogen-bond donors (Lipinski definition) is 1. The number of hydrogen-bond acceptors (Lipinski definition) is 6. The van der Waals surface area contributed by atoms with Gasteiger partial charge in [-0.2, -0.15) is 0 Å². The number of nitrogens with zero attached hydrogens (tertiary/aromatic N) is 2. The van der Waals surface area contributed by atoms with Crippen molar-refractivity contribution in [3.8, 4) is 0 Å². The molecule has 1 aliphatic heterocycles. The minimum absolute atomic E-state index is 0.0689. The van der Waals surface area contributed by atoms with Crippen LogP contribution in [0.2, 0.25) is 0 Å². The Hall–Kier alpha value is -3.16. The van der Waals surface area contributed by atoms with Crippen molar-refractivity contribution < 1.29 is 23.6 Å². The van der Waals surface area contributed by atoms with E-state index in [0.717, 1.165) is 5.56 Å². The van der Waals surface area contributed by atoms with Gasteiger partial charge in [0.15, 0.2) is 0 Å². The summed E-state index contributed by atoms with van der Waals surface area (Å²) in [5.41, 5.74) is 2.00. The molecular weight excluding hydrogens is 326 g/mol. The SMILES string of the molecule is COC(=O)CNC(=O)C(c1ccccc1)N1Cc2conc2CC1=O. The summed E-state index contributed by atoms with van der Waals surface area (Å²) < 4.78 is 9.45. The monoisotopic (exact) mass is 343 g/mol. The molecule has 25 heavy (non-hydrogen) atoms. The van der Waals surface area contributed by atoms with Gasteiger partial charge in [0, 0.05) is 5.56 Å². The van der Waals surface area contributed by atoms with E-state index < -0.39 is 17.9 Å². The number of esters is 1. The Kier molecular flexibility index (Phi) is 4.78. The topological polar surface area (TPSA) is 102 Å². The smallest absolute Gasteiger partial charge is 0.325 e. The van der Waals surface area contributed by atoms with Crippen LogP contribution in [0.1, 0.15) is 22.9 Å². The number of methoxy groups -OCH3 is 1. The van der Waals surface area contributed by atoms with Crippen LogP contribution in [-0.2, 0) is 32.1 Å². The summed E-state index contributed by atoms with van der Waals surface area (Å²) in [6, 6.07) is 8.06. The first kappa shape index (κ1) is 16.7. The normalized spacial score (nSPS) is 14.6. The predicted octanol–water partition coefficient (Wildman–Crippen LogP) is 0.590. The summed E-state index contributed by atoms with van der Waals surface area (Å²) in [5, 5.41) is 6.33. The fraction of sp³-hybridized carbons (Fsp3) is 0.294. The van der Waals surface area contributed by atoms with Gasteiger partial charge >= 0.3 is 5.97 Å². The van der Waals surface area contributed by atoms with Gasteiger partial charge in [-0.05, 0) is 5.56 Å². The Balaban J connectivity index is 1.88. The van der Waals surface area contributed by atoms with Gasteiger partial charge in [0.2, 0.25) is 11.8 Å². The zero-order valence-corrected chi connectivity index (χ0v) is 13.6. The molecule has 130 valence electrons. The van der Waals surface area contributed by atoms with Gasteiger partial charge in [0.05, 0.1) is 25.8 Å². The molecule has 0 radical (unpaired) electrons. The molecule has 2 heterocycles. The van der Waals surface area contributed by atoms with Gasteiger partial charge < -0.3 is 19.5 Å². The molecule has 3 rings (SSSR count). The van der Waals surface area contributed by atoms with Crippen LogP contribution in [-0.4, -0.2) is 41.5 Å². The maximum Gasteiger partial charge on any atom is 0.325 e. The van der Waals surface area contributed by atoms with Crippen LogP contribution in [0.5, 0.6) is 0 Å². The first-order valence-corrected chi connectivity index (χ1v) is 7.71. The van der Waals surface area contributed by atoms with Crippen LogP contribution >= 0.6 is 0 Å². The van der Waals surface area contributed by atoms with Gasteiger partial charge in [-0.25, -0.2) is 0 Å². The largest absolute Gasteiger partial charge is 0.468 e. The number of rotatable bonds is 5. The van der Waals surface area contributed by atoms with Crippen molar-refractivity contribution in [3.63, 3.8) is 0 Å². The lowest BCUT2D eigenvalue weighted by Crippen LogP contribution is -2.46. The Morgan fingerprint density at radius 2 is 2.12 bits per heavy atom. The third kappa shape index (κ3) is 3.52. The molecule has 0 bridgehead atoms. The summed E-state index contributed by atoms with van der Waals surface area (Å²) in [6.07, 6.45) is 1.54. The van der Waals surface area contributed by atoms with E-state index in [1.165, 1.54) is 18.3 Å². The van der Waals surface area contributed by atoms with Crippen LogP contribution < -0.4 is 5.32 Å². The van der Waals surface area contributed by atoms with Crippen molar-refractivity contribution in [3.05, 3.63) is 53.4 Å². The first-order valence-electron chi connectivity index (χ1n) is 7.71. The van der Waals surface area contributed by atoms with E-state index in [1.54, 1.807) is 24.3 Å². The summed E-state index contributed by atoms with van der Waals surface area (Å²) >= 11 is 0. The Morgan fingerprint density at radius 1 is 1.36 bits per heavy atom. The van der Waals surface area contributed by atoms with E-state index in [-0.39, 0.29) is 25.4 Å². The molecule has 1 unspecified atom stereocenters. The van der Waals surface area contributed by atoms with Crippen molar-refractivity contribution in [1.82, 2.24) is 15.4 Å². The maximum atomic E-state index is 12.7. The van der Waals surface area contributed by atoms with Gasteiger partial charge in [0.25, 0.3) is 0 Å². The molecule has 0 aliphatic carbocycles. The number of aromatic nitrogens is 1. The molecule has 0 saturated carbocycles. The molecule has 0 spiro atoms. The molecule has 8 nitrogen and oxygen atoms in total. The number of carbonyl (C=O) groups is 3. The van der Waals surface area contributed by atoms with Gasteiger partial charge in [0.1, 0.15) is 18.8 Å². The van der Waals surface area contributed by atoms with Crippen molar-refractivity contribution in [2.24, 2.45) is 0 Å². The first-order chi connectivity index (χ1) is 12.1. The minimum Gasteiger partial charge on any atom is -0.468 e. The van der Waals surface area contributed by atoms with E-state index in [2.05, 4.69) is 15.2 Å². The van der Waals surface area contributed by atoms with E-state index in [0.29, 0.717) is 11.3 Å². The van der Waals surface area contributed by atoms with E-state index in [4.69, 9.17) is 4.52 Å². The summed E-state index contributed by atoms with van der Waals surface area (Å²) in [7, 11) is 1.24. The quantitative estimate of drug-likeness (QED) is 0.797.